The summed E-state index contributed by atoms with van der Waals surface area (Å²) in [6, 6.07) is 7.48. The quantitative estimate of drug-likeness (QED) is 0.872. The molecule has 24 heavy (non-hydrogen) atoms. The van der Waals surface area contributed by atoms with Gasteiger partial charge < -0.3 is 14.6 Å². The molecule has 0 radical (unpaired) electrons. The second-order valence-electron chi connectivity index (χ2n) is 6.26. The van der Waals surface area contributed by atoms with E-state index < -0.39 is 11.9 Å². The van der Waals surface area contributed by atoms with E-state index in [2.05, 4.69) is 0 Å². The third-order valence-electron chi connectivity index (χ3n) is 4.60. The van der Waals surface area contributed by atoms with Gasteiger partial charge in [0.15, 0.2) is 5.78 Å². The number of amides is 1. The Bertz CT molecular complexity index is 808. The lowest BCUT2D eigenvalue weighted by atomic mass is 9.98. The van der Waals surface area contributed by atoms with Crippen LogP contribution in [0.5, 0.6) is 0 Å². The number of carbonyl (C=O) groups is 3. The van der Waals surface area contributed by atoms with Crippen molar-refractivity contribution in [3.05, 3.63) is 36.0 Å². The van der Waals surface area contributed by atoms with Crippen molar-refractivity contribution in [1.82, 2.24) is 9.47 Å². The molecule has 1 aromatic carbocycles. The summed E-state index contributed by atoms with van der Waals surface area (Å²) in [5, 5.41) is 9.99. The van der Waals surface area contributed by atoms with Crippen molar-refractivity contribution >= 4 is 28.6 Å². The predicted molar refractivity (Wildman–Crippen MR) is 88.9 cm³/mol. The number of carboxylic acids is 1. The molecule has 0 spiro atoms. The van der Waals surface area contributed by atoms with Gasteiger partial charge in [-0.25, -0.2) is 0 Å². The standard InChI is InChI=1S/C18H20N2O4/c1-12(21)15-10-20(16-7-3-2-6-14(15)16)11-17(22)19-8-4-5-13(9-19)18(23)24/h2-3,6-7,10,13H,4-5,8-9,11H2,1H3,(H,23,24)/t13-/m0/s1. The molecule has 1 saturated heterocycles. The monoisotopic (exact) mass is 328 g/mol. The van der Waals surface area contributed by atoms with E-state index in [9.17, 15) is 14.4 Å². The van der Waals surface area contributed by atoms with Crippen molar-refractivity contribution in [3.8, 4) is 0 Å². The highest BCUT2D eigenvalue weighted by Crippen LogP contribution is 2.23. The van der Waals surface area contributed by atoms with Crippen LogP contribution in [-0.2, 0) is 16.1 Å². The van der Waals surface area contributed by atoms with E-state index >= 15 is 0 Å². The first-order chi connectivity index (χ1) is 11.5. The van der Waals surface area contributed by atoms with Crippen LogP contribution in [0.15, 0.2) is 30.5 Å². The van der Waals surface area contributed by atoms with Crippen LogP contribution in [0.3, 0.4) is 0 Å². The first kappa shape index (κ1) is 16.2. The Morgan fingerprint density at radius 3 is 2.71 bits per heavy atom. The minimum Gasteiger partial charge on any atom is -0.481 e. The van der Waals surface area contributed by atoms with Crippen molar-refractivity contribution in [2.75, 3.05) is 13.1 Å². The Kier molecular flexibility index (Phi) is 4.38. The van der Waals surface area contributed by atoms with Crippen molar-refractivity contribution in [3.63, 3.8) is 0 Å². The number of benzene rings is 1. The maximum atomic E-state index is 12.6. The molecule has 6 nitrogen and oxygen atoms in total. The largest absolute Gasteiger partial charge is 0.481 e. The molecule has 2 heterocycles. The van der Waals surface area contributed by atoms with E-state index in [1.54, 1.807) is 15.7 Å². The summed E-state index contributed by atoms with van der Waals surface area (Å²) >= 11 is 0. The van der Waals surface area contributed by atoms with Crippen LogP contribution < -0.4 is 0 Å². The predicted octanol–water partition coefficient (Wildman–Crippen LogP) is 2.17. The molecule has 0 saturated carbocycles. The van der Waals surface area contributed by atoms with Gasteiger partial charge in [-0.3, -0.25) is 14.4 Å². The fraction of sp³-hybridized carbons (Fsp3) is 0.389. The number of piperidine rings is 1. The van der Waals surface area contributed by atoms with Gasteiger partial charge >= 0.3 is 5.97 Å². The average molecular weight is 328 g/mol. The lowest BCUT2D eigenvalue weighted by molar-refractivity contribution is -0.145. The second-order valence-corrected chi connectivity index (χ2v) is 6.26. The molecule has 1 amide bonds. The number of hydrogen-bond acceptors (Lipinski definition) is 3. The highest BCUT2D eigenvalue weighted by molar-refractivity contribution is 6.07. The fourth-order valence-corrected chi connectivity index (χ4v) is 3.31. The van der Waals surface area contributed by atoms with Crippen LogP contribution >= 0.6 is 0 Å². The molecule has 0 aliphatic carbocycles. The van der Waals surface area contributed by atoms with E-state index in [-0.39, 0.29) is 24.8 Å². The third-order valence-corrected chi connectivity index (χ3v) is 4.60. The number of fused-ring (bicyclic) bond motifs is 1. The summed E-state index contributed by atoms with van der Waals surface area (Å²) in [5.41, 5.74) is 1.43. The lowest BCUT2D eigenvalue weighted by Crippen LogP contribution is -2.43. The summed E-state index contributed by atoms with van der Waals surface area (Å²) in [5.74, 6) is -1.49. The summed E-state index contributed by atoms with van der Waals surface area (Å²) in [7, 11) is 0. The van der Waals surface area contributed by atoms with Gasteiger partial charge in [0.05, 0.1) is 5.92 Å². The van der Waals surface area contributed by atoms with Gasteiger partial charge in [-0.1, -0.05) is 18.2 Å². The molecule has 126 valence electrons. The zero-order valence-corrected chi connectivity index (χ0v) is 13.6. The Morgan fingerprint density at radius 2 is 2.00 bits per heavy atom. The Morgan fingerprint density at radius 1 is 1.25 bits per heavy atom. The van der Waals surface area contributed by atoms with Crippen LogP contribution in [0.4, 0.5) is 0 Å². The minimum absolute atomic E-state index is 0.0405. The normalized spacial score (nSPS) is 17.9. The number of ketones is 1. The van der Waals surface area contributed by atoms with Gasteiger partial charge in [0, 0.05) is 35.8 Å². The molecule has 1 aliphatic heterocycles. The molecule has 0 unspecified atom stereocenters. The molecule has 0 bridgehead atoms. The van der Waals surface area contributed by atoms with E-state index in [1.165, 1.54) is 6.92 Å². The lowest BCUT2D eigenvalue weighted by Gasteiger charge is -2.30. The topological polar surface area (TPSA) is 79.6 Å². The SMILES string of the molecule is CC(=O)c1cn(CC(=O)N2CCC[C@H](C(=O)O)C2)c2ccccc12. The summed E-state index contributed by atoms with van der Waals surface area (Å²) in [4.78, 5) is 37.2. The molecule has 2 aromatic rings. The van der Waals surface area contributed by atoms with Gasteiger partial charge in [-0.05, 0) is 25.8 Å². The highest BCUT2D eigenvalue weighted by atomic mass is 16.4. The van der Waals surface area contributed by atoms with Crippen molar-refractivity contribution in [1.29, 1.82) is 0 Å². The van der Waals surface area contributed by atoms with Crippen LogP contribution in [0.25, 0.3) is 10.9 Å². The fourth-order valence-electron chi connectivity index (χ4n) is 3.31. The molecule has 1 atom stereocenters. The van der Waals surface area contributed by atoms with E-state index in [0.717, 1.165) is 10.9 Å². The maximum absolute atomic E-state index is 12.6. The van der Waals surface area contributed by atoms with Crippen LogP contribution in [-0.4, -0.2) is 45.3 Å². The van der Waals surface area contributed by atoms with Crippen molar-refractivity contribution in [2.45, 2.75) is 26.3 Å². The molecule has 1 aromatic heterocycles. The molecular formula is C18H20N2O4. The summed E-state index contributed by atoms with van der Waals surface area (Å²) in [6.07, 6.45) is 3.03. The summed E-state index contributed by atoms with van der Waals surface area (Å²) < 4.78 is 1.78. The number of Topliss-reactive ketones (excluding diaryl/α,β-unsaturated/α-hetero) is 1. The molecule has 3 rings (SSSR count). The highest BCUT2D eigenvalue weighted by Gasteiger charge is 2.28. The number of aromatic nitrogens is 1. The second kappa shape index (κ2) is 6.47. The number of rotatable bonds is 4. The molecule has 1 N–H and O–H groups in total. The number of para-hydroxylation sites is 1. The Hall–Kier alpha value is -2.63. The zero-order valence-electron chi connectivity index (χ0n) is 13.6. The van der Waals surface area contributed by atoms with Crippen LogP contribution in [0, 0.1) is 5.92 Å². The van der Waals surface area contributed by atoms with Crippen molar-refractivity contribution < 1.29 is 19.5 Å². The van der Waals surface area contributed by atoms with E-state index in [4.69, 9.17) is 5.11 Å². The van der Waals surface area contributed by atoms with E-state index in [1.807, 2.05) is 24.3 Å². The smallest absolute Gasteiger partial charge is 0.308 e. The molecular weight excluding hydrogens is 308 g/mol. The minimum atomic E-state index is -0.849. The Balaban J connectivity index is 1.83. The molecule has 6 heteroatoms. The number of carbonyl (C=O) groups excluding carboxylic acids is 2. The van der Waals surface area contributed by atoms with Gasteiger partial charge in [-0.15, -0.1) is 0 Å². The van der Waals surface area contributed by atoms with Gasteiger partial charge in [0.1, 0.15) is 6.54 Å². The average Bonchev–Trinajstić information content (AvgIpc) is 2.94. The van der Waals surface area contributed by atoms with Crippen LogP contribution in [0.1, 0.15) is 30.1 Å². The molecule has 1 fully saturated rings. The Labute approximate surface area is 139 Å². The van der Waals surface area contributed by atoms with Gasteiger partial charge in [-0.2, -0.15) is 0 Å². The first-order valence-corrected chi connectivity index (χ1v) is 8.06. The van der Waals surface area contributed by atoms with Crippen molar-refractivity contribution in [2.24, 2.45) is 5.92 Å². The third kappa shape index (κ3) is 3.04. The first-order valence-electron chi connectivity index (χ1n) is 8.06. The molecule has 1 aliphatic rings. The summed E-state index contributed by atoms with van der Waals surface area (Å²) in [6.45, 7) is 2.46. The zero-order chi connectivity index (χ0) is 17.3. The number of likely N-dealkylation sites (tertiary alicyclic amines) is 1. The maximum Gasteiger partial charge on any atom is 0.308 e. The van der Waals surface area contributed by atoms with E-state index in [0.29, 0.717) is 24.9 Å². The van der Waals surface area contributed by atoms with Gasteiger partial charge in [0.2, 0.25) is 5.91 Å². The number of carboxylic acid groups (broad SMARTS) is 1. The number of hydrogen-bond donors (Lipinski definition) is 1. The number of aliphatic carboxylic acids is 1. The van der Waals surface area contributed by atoms with Crippen LogP contribution in [0.2, 0.25) is 0 Å². The van der Waals surface area contributed by atoms with Gasteiger partial charge in [0.25, 0.3) is 0 Å². The number of nitrogens with zero attached hydrogens (tertiary/aromatic N) is 2.